The molecule has 0 aliphatic rings. The molecule has 20 heavy (non-hydrogen) atoms. The van der Waals surface area contributed by atoms with Gasteiger partial charge in [0, 0.05) is 18.5 Å². The average Bonchev–Trinajstić information content (AvgIpc) is 2.93. The summed E-state index contributed by atoms with van der Waals surface area (Å²) >= 11 is 0. The van der Waals surface area contributed by atoms with Crippen LogP contribution in [0.5, 0.6) is 5.88 Å². The van der Waals surface area contributed by atoms with Gasteiger partial charge >= 0.3 is 0 Å². The molecular formula is C12H19N7O. The molecule has 2 rings (SSSR count). The second-order valence-corrected chi connectivity index (χ2v) is 4.64. The second kappa shape index (κ2) is 6.40. The maximum absolute atomic E-state index is 5.61. The lowest BCUT2D eigenvalue weighted by atomic mass is 10.1. The number of rotatable bonds is 6. The summed E-state index contributed by atoms with van der Waals surface area (Å²) in [7, 11) is 1.55. The third-order valence-electron chi connectivity index (χ3n) is 2.95. The van der Waals surface area contributed by atoms with Crippen molar-refractivity contribution in [3.63, 3.8) is 0 Å². The van der Waals surface area contributed by atoms with E-state index in [4.69, 9.17) is 10.6 Å². The minimum absolute atomic E-state index is 0.185. The minimum atomic E-state index is -0.185. The molecule has 0 saturated carbocycles. The normalized spacial score (nSPS) is 12.7. The molecule has 8 nitrogen and oxygen atoms in total. The van der Waals surface area contributed by atoms with Crippen LogP contribution < -0.4 is 16.0 Å². The molecule has 108 valence electrons. The largest absolute Gasteiger partial charge is 0.480 e. The van der Waals surface area contributed by atoms with Crippen molar-refractivity contribution < 1.29 is 4.74 Å². The van der Waals surface area contributed by atoms with Crippen LogP contribution in [-0.2, 0) is 6.42 Å². The van der Waals surface area contributed by atoms with E-state index in [9.17, 15) is 0 Å². The van der Waals surface area contributed by atoms with E-state index < -0.39 is 0 Å². The summed E-state index contributed by atoms with van der Waals surface area (Å²) in [5.74, 6) is 6.93. The fourth-order valence-electron chi connectivity index (χ4n) is 1.91. The predicted octanol–water partition coefficient (Wildman–Crippen LogP) is 0.405. The molecular weight excluding hydrogens is 258 g/mol. The zero-order chi connectivity index (χ0) is 14.5. The number of hydrazine groups is 1. The Labute approximate surface area is 117 Å². The molecule has 2 aromatic heterocycles. The zero-order valence-electron chi connectivity index (χ0n) is 11.8. The molecule has 0 fully saturated rings. The Morgan fingerprint density at radius 1 is 1.35 bits per heavy atom. The van der Waals surface area contributed by atoms with Gasteiger partial charge in [-0.15, -0.1) is 5.10 Å². The molecule has 0 amide bonds. The Morgan fingerprint density at radius 3 is 2.70 bits per heavy atom. The van der Waals surface area contributed by atoms with Crippen molar-refractivity contribution in [1.29, 1.82) is 0 Å². The number of nitrogens with zero attached hydrogens (tertiary/aromatic N) is 5. The summed E-state index contributed by atoms with van der Waals surface area (Å²) in [5.41, 5.74) is 3.46. The molecule has 0 aliphatic heterocycles. The number of hydrogen-bond donors (Lipinski definition) is 2. The van der Waals surface area contributed by atoms with E-state index in [1.54, 1.807) is 19.5 Å². The molecule has 0 bridgehead atoms. The van der Waals surface area contributed by atoms with Gasteiger partial charge in [-0.2, -0.15) is 10.2 Å². The van der Waals surface area contributed by atoms with Crippen LogP contribution in [0.15, 0.2) is 18.5 Å². The second-order valence-electron chi connectivity index (χ2n) is 4.64. The molecule has 2 aromatic rings. The van der Waals surface area contributed by atoms with E-state index in [-0.39, 0.29) is 12.1 Å². The molecule has 2 heterocycles. The van der Waals surface area contributed by atoms with Crippen LogP contribution >= 0.6 is 0 Å². The molecule has 1 unspecified atom stereocenters. The van der Waals surface area contributed by atoms with E-state index in [0.717, 1.165) is 11.5 Å². The fraction of sp³-hybridized carbons (Fsp3) is 0.500. The number of nitrogens with one attached hydrogen (secondary N) is 1. The Hall–Kier alpha value is -2.06. The smallest absolute Gasteiger partial charge is 0.233 e. The Bertz CT molecular complexity index is 537. The van der Waals surface area contributed by atoms with Crippen molar-refractivity contribution in [3.8, 4) is 5.88 Å². The van der Waals surface area contributed by atoms with E-state index in [2.05, 4.69) is 39.6 Å². The predicted molar refractivity (Wildman–Crippen MR) is 72.8 cm³/mol. The first-order chi connectivity index (χ1) is 9.65. The van der Waals surface area contributed by atoms with Crippen LogP contribution in [0.3, 0.4) is 0 Å². The van der Waals surface area contributed by atoms with Crippen molar-refractivity contribution in [2.24, 2.45) is 5.84 Å². The number of aromatic nitrogens is 5. The van der Waals surface area contributed by atoms with Crippen LogP contribution in [-0.4, -0.2) is 32.1 Å². The Kier molecular flexibility index (Phi) is 4.59. The maximum Gasteiger partial charge on any atom is 0.233 e. The first-order valence-corrected chi connectivity index (χ1v) is 6.37. The quantitative estimate of drug-likeness (QED) is 0.582. The highest BCUT2D eigenvalue weighted by atomic mass is 16.5. The fourth-order valence-corrected chi connectivity index (χ4v) is 1.91. The van der Waals surface area contributed by atoms with E-state index in [0.29, 0.717) is 12.3 Å². The number of methoxy groups -OCH3 is 1. The van der Waals surface area contributed by atoms with Crippen molar-refractivity contribution in [3.05, 3.63) is 30.0 Å². The zero-order valence-corrected chi connectivity index (χ0v) is 11.8. The standard InChI is InChI=1S/C12H19N7O/c1-8(2)19-11(14-7-15-19)6-10(16-13)9-4-5-12(20-3)18-17-9/h4-5,7-8,10,16H,6,13H2,1-3H3. The molecule has 0 aliphatic carbocycles. The lowest BCUT2D eigenvalue weighted by molar-refractivity contribution is 0.388. The molecule has 1 atom stereocenters. The Morgan fingerprint density at radius 2 is 2.15 bits per heavy atom. The van der Waals surface area contributed by atoms with E-state index >= 15 is 0 Å². The van der Waals surface area contributed by atoms with Gasteiger partial charge in [0.25, 0.3) is 0 Å². The monoisotopic (exact) mass is 277 g/mol. The lowest BCUT2D eigenvalue weighted by Crippen LogP contribution is -2.31. The summed E-state index contributed by atoms with van der Waals surface area (Å²) in [4.78, 5) is 4.27. The van der Waals surface area contributed by atoms with Crippen LogP contribution in [0.1, 0.15) is 37.4 Å². The third kappa shape index (κ3) is 3.09. The van der Waals surface area contributed by atoms with Gasteiger partial charge in [0.2, 0.25) is 5.88 Å². The van der Waals surface area contributed by atoms with Gasteiger partial charge in [-0.25, -0.2) is 9.67 Å². The average molecular weight is 277 g/mol. The van der Waals surface area contributed by atoms with Gasteiger partial charge in [0.1, 0.15) is 12.2 Å². The lowest BCUT2D eigenvalue weighted by Gasteiger charge is -2.16. The van der Waals surface area contributed by atoms with Crippen LogP contribution in [0.2, 0.25) is 0 Å². The molecule has 0 aromatic carbocycles. The van der Waals surface area contributed by atoms with Crippen molar-refractivity contribution in [2.75, 3.05) is 7.11 Å². The topological polar surface area (TPSA) is 104 Å². The SMILES string of the molecule is COc1ccc(C(Cc2ncnn2C(C)C)NN)nn1. The van der Waals surface area contributed by atoms with Gasteiger partial charge in [0.05, 0.1) is 18.8 Å². The van der Waals surface area contributed by atoms with Crippen LogP contribution in [0.4, 0.5) is 0 Å². The molecule has 8 heteroatoms. The highest BCUT2D eigenvalue weighted by Crippen LogP contribution is 2.17. The molecule has 0 saturated heterocycles. The van der Waals surface area contributed by atoms with Gasteiger partial charge in [-0.3, -0.25) is 11.3 Å². The van der Waals surface area contributed by atoms with Crippen molar-refractivity contribution >= 4 is 0 Å². The van der Waals surface area contributed by atoms with Crippen LogP contribution in [0, 0.1) is 0 Å². The van der Waals surface area contributed by atoms with Crippen LogP contribution in [0.25, 0.3) is 0 Å². The molecule has 0 spiro atoms. The maximum atomic E-state index is 5.61. The summed E-state index contributed by atoms with van der Waals surface area (Å²) < 4.78 is 6.85. The number of nitrogens with two attached hydrogens (primary N) is 1. The highest BCUT2D eigenvalue weighted by Gasteiger charge is 2.17. The third-order valence-corrected chi connectivity index (χ3v) is 2.95. The first kappa shape index (κ1) is 14.4. The summed E-state index contributed by atoms with van der Waals surface area (Å²) in [6, 6.07) is 3.63. The van der Waals surface area contributed by atoms with Crippen molar-refractivity contribution in [1.82, 2.24) is 30.4 Å². The van der Waals surface area contributed by atoms with Gasteiger partial charge < -0.3 is 4.74 Å². The van der Waals surface area contributed by atoms with E-state index in [1.165, 1.54) is 0 Å². The minimum Gasteiger partial charge on any atom is -0.480 e. The van der Waals surface area contributed by atoms with Gasteiger partial charge in [0.15, 0.2) is 0 Å². The van der Waals surface area contributed by atoms with Gasteiger partial charge in [-0.1, -0.05) is 0 Å². The molecule has 0 radical (unpaired) electrons. The van der Waals surface area contributed by atoms with Crippen molar-refractivity contribution in [2.45, 2.75) is 32.4 Å². The number of ether oxygens (including phenoxy) is 1. The summed E-state index contributed by atoms with van der Waals surface area (Å²) in [6.07, 6.45) is 2.12. The summed E-state index contributed by atoms with van der Waals surface area (Å²) in [6.45, 7) is 4.10. The van der Waals surface area contributed by atoms with Gasteiger partial charge in [-0.05, 0) is 19.9 Å². The summed E-state index contributed by atoms with van der Waals surface area (Å²) in [5, 5.41) is 12.2. The highest BCUT2D eigenvalue weighted by molar-refractivity contribution is 5.15. The number of hydrogen-bond acceptors (Lipinski definition) is 7. The Balaban J connectivity index is 2.17. The molecule has 3 N–H and O–H groups in total. The first-order valence-electron chi connectivity index (χ1n) is 6.37. The van der Waals surface area contributed by atoms with E-state index in [1.807, 2.05) is 10.7 Å².